The van der Waals surface area contributed by atoms with Gasteiger partial charge in [0.25, 0.3) is 0 Å². The van der Waals surface area contributed by atoms with Gasteiger partial charge in [0.1, 0.15) is 17.5 Å². The largest absolute Gasteiger partial charge is 0.362 e. The first kappa shape index (κ1) is 26.1. The number of fused-ring (bicyclic) bond motifs is 1. The maximum Gasteiger partial charge on any atom is 0.217 e. The van der Waals surface area contributed by atoms with Crippen LogP contribution in [0.5, 0.6) is 0 Å². The number of carbonyl (C=O) groups excluding carboxylic acids is 1. The summed E-state index contributed by atoms with van der Waals surface area (Å²) in [6, 6.07) is 15.3. The average Bonchev–Trinajstić information content (AvgIpc) is 3.54. The van der Waals surface area contributed by atoms with Crippen molar-refractivity contribution in [1.29, 1.82) is 0 Å². The van der Waals surface area contributed by atoms with Crippen molar-refractivity contribution in [2.45, 2.75) is 45.8 Å². The second kappa shape index (κ2) is 11.0. The van der Waals surface area contributed by atoms with Crippen LogP contribution in [0.25, 0.3) is 21.3 Å². The van der Waals surface area contributed by atoms with Crippen molar-refractivity contribution in [3.63, 3.8) is 0 Å². The van der Waals surface area contributed by atoms with Crippen molar-refractivity contribution in [1.82, 2.24) is 25.2 Å². The molecule has 1 saturated heterocycles. The van der Waals surface area contributed by atoms with Gasteiger partial charge in [-0.2, -0.15) is 0 Å². The van der Waals surface area contributed by atoms with Crippen LogP contribution in [-0.2, 0) is 11.3 Å². The second-order valence-corrected chi connectivity index (χ2v) is 11.4. The molecular weight excluding hydrogens is 494 g/mol. The van der Waals surface area contributed by atoms with Crippen molar-refractivity contribution in [3.05, 3.63) is 64.9 Å². The minimum Gasteiger partial charge on any atom is -0.362 e. The molecule has 2 N–H and O–H groups in total. The summed E-state index contributed by atoms with van der Waals surface area (Å²) in [6.45, 7) is 8.15. The van der Waals surface area contributed by atoms with Gasteiger partial charge >= 0.3 is 0 Å². The summed E-state index contributed by atoms with van der Waals surface area (Å²) in [5.41, 5.74) is 3.43. The Kier molecular flexibility index (Phi) is 7.58. The van der Waals surface area contributed by atoms with Crippen LogP contribution >= 0.6 is 11.3 Å². The molecule has 1 amide bonds. The number of benzene rings is 1. The van der Waals surface area contributed by atoms with E-state index < -0.39 is 0 Å². The van der Waals surface area contributed by atoms with Gasteiger partial charge in [0.2, 0.25) is 5.91 Å². The van der Waals surface area contributed by atoms with Gasteiger partial charge in [-0.3, -0.25) is 4.79 Å². The Morgan fingerprint density at radius 1 is 1.21 bits per heavy atom. The van der Waals surface area contributed by atoms with E-state index in [0.717, 1.165) is 48.6 Å². The van der Waals surface area contributed by atoms with Crippen LogP contribution in [-0.4, -0.2) is 59.0 Å². The van der Waals surface area contributed by atoms with E-state index in [2.05, 4.69) is 93.9 Å². The van der Waals surface area contributed by atoms with Crippen LogP contribution in [0, 0.1) is 6.92 Å². The molecule has 0 aliphatic carbocycles. The smallest absolute Gasteiger partial charge is 0.217 e. The minimum absolute atomic E-state index is 0.00518. The van der Waals surface area contributed by atoms with Crippen LogP contribution < -0.4 is 15.5 Å². The van der Waals surface area contributed by atoms with E-state index in [1.54, 1.807) is 6.92 Å². The summed E-state index contributed by atoms with van der Waals surface area (Å²) < 4.78 is 0. The fourth-order valence-corrected chi connectivity index (χ4v) is 6.11. The Bertz CT molecular complexity index is 1450. The van der Waals surface area contributed by atoms with E-state index >= 15 is 0 Å². The number of thiophene rings is 1. The number of anilines is 2. The van der Waals surface area contributed by atoms with Gasteiger partial charge in [-0.05, 0) is 63.7 Å². The third kappa shape index (κ3) is 5.79. The number of nitrogens with zero attached hydrogens (tertiary/aromatic N) is 5. The topological polar surface area (TPSA) is 86.3 Å². The summed E-state index contributed by atoms with van der Waals surface area (Å²) in [5.74, 6) is 2.40. The summed E-state index contributed by atoms with van der Waals surface area (Å²) in [7, 11) is 4.20. The van der Waals surface area contributed by atoms with Crippen molar-refractivity contribution < 1.29 is 4.79 Å². The van der Waals surface area contributed by atoms with Crippen LogP contribution in [0.4, 0.5) is 11.6 Å². The van der Waals surface area contributed by atoms with Gasteiger partial charge < -0.3 is 20.4 Å². The number of amides is 1. The minimum atomic E-state index is 0.00518. The molecule has 2 atom stereocenters. The Balaban J connectivity index is 1.39. The molecule has 9 heteroatoms. The zero-order chi connectivity index (χ0) is 26.8. The van der Waals surface area contributed by atoms with Crippen LogP contribution in [0.1, 0.15) is 42.6 Å². The SMILES string of the molecule is CC(=O)NC1CCN(c2cc3c(NC(C)c4ccc(-c5ccccc5CN(C)C)s4)nc(C)nc3cn2)C1. The Morgan fingerprint density at radius 3 is 2.82 bits per heavy atom. The normalized spacial score (nSPS) is 16.3. The maximum atomic E-state index is 11.5. The number of rotatable bonds is 8. The summed E-state index contributed by atoms with van der Waals surface area (Å²) in [6.07, 6.45) is 2.73. The lowest BCUT2D eigenvalue weighted by atomic mass is 10.1. The molecule has 2 unspecified atom stereocenters. The van der Waals surface area contributed by atoms with E-state index in [9.17, 15) is 4.79 Å². The van der Waals surface area contributed by atoms with E-state index in [0.29, 0.717) is 5.82 Å². The molecule has 0 spiro atoms. The number of carbonyl (C=O) groups is 1. The van der Waals surface area contributed by atoms with Crippen LogP contribution in [0.15, 0.2) is 48.7 Å². The molecule has 4 aromatic rings. The molecule has 38 heavy (non-hydrogen) atoms. The van der Waals surface area contributed by atoms with E-state index in [-0.39, 0.29) is 18.0 Å². The van der Waals surface area contributed by atoms with Gasteiger partial charge in [-0.1, -0.05) is 24.3 Å². The van der Waals surface area contributed by atoms with Gasteiger partial charge in [0, 0.05) is 47.7 Å². The summed E-state index contributed by atoms with van der Waals surface area (Å²) >= 11 is 1.81. The van der Waals surface area contributed by atoms with Crippen molar-refractivity contribution in [2.24, 2.45) is 0 Å². The first-order valence-electron chi connectivity index (χ1n) is 13.0. The highest BCUT2D eigenvalue weighted by Crippen LogP contribution is 2.36. The molecule has 8 nitrogen and oxygen atoms in total. The first-order chi connectivity index (χ1) is 18.3. The fourth-order valence-electron chi connectivity index (χ4n) is 5.04. The molecule has 198 valence electrons. The molecule has 3 aromatic heterocycles. The predicted molar refractivity (Wildman–Crippen MR) is 156 cm³/mol. The molecule has 1 aromatic carbocycles. The third-order valence-corrected chi connectivity index (χ3v) is 8.08. The van der Waals surface area contributed by atoms with Gasteiger partial charge in [-0.15, -0.1) is 11.3 Å². The lowest BCUT2D eigenvalue weighted by Gasteiger charge is -2.20. The number of aryl methyl sites for hydroxylation is 1. The van der Waals surface area contributed by atoms with E-state index in [1.807, 2.05) is 24.5 Å². The highest BCUT2D eigenvalue weighted by molar-refractivity contribution is 7.15. The highest BCUT2D eigenvalue weighted by Gasteiger charge is 2.25. The zero-order valence-corrected chi connectivity index (χ0v) is 23.5. The highest BCUT2D eigenvalue weighted by atomic mass is 32.1. The quantitative estimate of drug-likeness (QED) is 0.332. The Morgan fingerprint density at radius 2 is 2.03 bits per heavy atom. The molecule has 0 bridgehead atoms. The standard InChI is InChI=1S/C29H35N7OS/c1-18(26-10-11-27(38-26)23-9-7-6-8-21(23)16-35(4)5)31-29-24-14-28(30-15-25(24)32-19(2)33-29)36-13-12-22(17-36)34-20(3)37/h6-11,14-15,18,22H,12-13,16-17H2,1-5H3,(H,34,37)(H,31,32,33). The molecule has 1 aliphatic heterocycles. The number of aromatic nitrogens is 3. The maximum absolute atomic E-state index is 11.5. The summed E-state index contributed by atoms with van der Waals surface area (Å²) in [5, 5.41) is 7.62. The van der Waals surface area contributed by atoms with E-state index in [4.69, 9.17) is 4.98 Å². The van der Waals surface area contributed by atoms with Crippen molar-refractivity contribution in [3.8, 4) is 10.4 Å². The van der Waals surface area contributed by atoms with Crippen LogP contribution in [0.3, 0.4) is 0 Å². The average molecular weight is 530 g/mol. The van der Waals surface area contributed by atoms with Gasteiger partial charge in [0.05, 0.1) is 17.8 Å². The molecular formula is C29H35N7OS. The fraction of sp³-hybridized carbons (Fsp3) is 0.379. The molecule has 4 heterocycles. The lowest BCUT2D eigenvalue weighted by molar-refractivity contribution is -0.119. The molecule has 5 rings (SSSR count). The molecule has 0 saturated carbocycles. The lowest BCUT2D eigenvalue weighted by Crippen LogP contribution is -2.35. The van der Waals surface area contributed by atoms with Gasteiger partial charge in [-0.25, -0.2) is 15.0 Å². The molecule has 0 radical (unpaired) electrons. The predicted octanol–water partition coefficient (Wildman–Crippen LogP) is 5.01. The number of pyridine rings is 1. The zero-order valence-electron chi connectivity index (χ0n) is 22.7. The second-order valence-electron chi connectivity index (χ2n) is 10.3. The number of nitrogens with one attached hydrogen (secondary N) is 2. The number of hydrogen-bond acceptors (Lipinski definition) is 8. The number of hydrogen-bond donors (Lipinski definition) is 2. The summed E-state index contributed by atoms with van der Waals surface area (Å²) in [4.78, 5) is 32.5. The van der Waals surface area contributed by atoms with Gasteiger partial charge in [0.15, 0.2) is 0 Å². The third-order valence-electron chi connectivity index (χ3n) is 6.78. The molecule has 1 aliphatic rings. The monoisotopic (exact) mass is 529 g/mol. The first-order valence-corrected chi connectivity index (χ1v) is 13.8. The van der Waals surface area contributed by atoms with Crippen molar-refractivity contribution in [2.75, 3.05) is 37.4 Å². The van der Waals surface area contributed by atoms with Crippen molar-refractivity contribution >= 4 is 39.8 Å². The van der Waals surface area contributed by atoms with Crippen LogP contribution in [0.2, 0.25) is 0 Å². The van der Waals surface area contributed by atoms with E-state index in [1.165, 1.54) is 20.9 Å². The Hall–Kier alpha value is -3.56. The molecule has 1 fully saturated rings. The Labute approximate surface area is 228 Å².